The molecule has 0 aromatic carbocycles. The number of carboxylic acid groups (broad SMARTS) is 1. The molecule has 3 heterocycles. The standard InChI is InChI=1S/C13H14N4O3S/c1-16-5-9(4-14-16)11-15-10(7-21-11)12(18)17-3-2-8(6-17)13(19)20/h4-5,7-8H,2-3,6H2,1H3,(H,19,20). The predicted molar refractivity (Wildman–Crippen MR) is 76.0 cm³/mol. The van der Waals surface area contributed by atoms with Crippen LogP contribution in [0.4, 0.5) is 0 Å². The zero-order valence-electron chi connectivity index (χ0n) is 11.4. The molecule has 1 saturated heterocycles. The second-order valence-corrected chi connectivity index (χ2v) is 5.87. The first kappa shape index (κ1) is 13.7. The lowest BCUT2D eigenvalue weighted by Gasteiger charge is -2.13. The van der Waals surface area contributed by atoms with Gasteiger partial charge in [0.05, 0.1) is 12.1 Å². The molecule has 0 aliphatic carbocycles. The fourth-order valence-electron chi connectivity index (χ4n) is 2.34. The number of nitrogens with zero attached hydrogens (tertiary/aromatic N) is 4. The van der Waals surface area contributed by atoms with E-state index in [-0.39, 0.29) is 12.5 Å². The van der Waals surface area contributed by atoms with Gasteiger partial charge in [-0.2, -0.15) is 5.10 Å². The molecule has 1 N–H and O–H groups in total. The molecule has 2 aromatic rings. The number of thiazole rings is 1. The van der Waals surface area contributed by atoms with Crippen molar-refractivity contribution >= 4 is 23.2 Å². The van der Waals surface area contributed by atoms with Gasteiger partial charge in [-0.05, 0) is 6.42 Å². The molecule has 2 aromatic heterocycles. The number of carbonyl (C=O) groups is 2. The van der Waals surface area contributed by atoms with Gasteiger partial charge in [0.15, 0.2) is 0 Å². The highest BCUT2D eigenvalue weighted by atomic mass is 32.1. The molecule has 110 valence electrons. The van der Waals surface area contributed by atoms with Crippen LogP contribution in [0.1, 0.15) is 16.9 Å². The number of aromatic nitrogens is 3. The molecule has 1 aliphatic heterocycles. The van der Waals surface area contributed by atoms with Crippen LogP contribution < -0.4 is 0 Å². The van der Waals surface area contributed by atoms with Gasteiger partial charge in [-0.15, -0.1) is 11.3 Å². The lowest BCUT2D eigenvalue weighted by molar-refractivity contribution is -0.141. The number of aryl methyl sites for hydroxylation is 1. The number of carboxylic acids is 1. The Labute approximate surface area is 124 Å². The molecule has 1 unspecified atom stereocenters. The van der Waals surface area contributed by atoms with E-state index in [0.29, 0.717) is 18.7 Å². The molecule has 3 rings (SSSR count). The van der Waals surface area contributed by atoms with Crippen molar-refractivity contribution < 1.29 is 14.7 Å². The summed E-state index contributed by atoms with van der Waals surface area (Å²) in [5.74, 6) is -1.52. The predicted octanol–water partition coefficient (Wildman–Crippen LogP) is 1.09. The fourth-order valence-corrected chi connectivity index (χ4v) is 3.11. The van der Waals surface area contributed by atoms with Crippen molar-refractivity contribution in [2.75, 3.05) is 13.1 Å². The first-order valence-electron chi connectivity index (χ1n) is 6.51. The molecule has 1 fully saturated rings. The minimum absolute atomic E-state index is 0.204. The Morgan fingerprint density at radius 2 is 2.29 bits per heavy atom. The summed E-state index contributed by atoms with van der Waals surface area (Å²) < 4.78 is 1.68. The van der Waals surface area contributed by atoms with Gasteiger partial charge in [0.2, 0.25) is 0 Å². The summed E-state index contributed by atoms with van der Waals surface area (Å²) in [4.78, 5) is 29.1. The van der Waals surface area contributed by atoms with Crippen molar-refractivity contribution in [3.63, 3.8) is 0 Å². The molecule has 1 amide bonds. The Kier molecular flexibility index (Phi) is 3.46. The van der Waals surface area contributed by atoms with Crippen molar-refractivity contribution in [1.29, 1.82) is 0 Å². The highest BCUT2D eigenvalue weighted by molar-refractivity contribution is 7.13. The van der Waals surface area contributed by atoms with Gasteiger partial charge in [-0.1, -0.05) is 0 Å². The van der Waals surface area contributed by atoms with Gasteiger partial charge < -0.3 is 10.0 Å². The number of hydrogen-bond donors (Lipinski definition) is 1. The van der Waals surface area contributed by atoms with E-state index in [0.717, 1.165) is 10.6 Å². The minimum Gasteiger partial charge on any atom is -0.481 e. The zero-order valence-corrected chi connectivity index (χ0v) is 12.2. The zero-order chi connectivity index (χ0) is 15.0. The topological polar surface area (TPSA) is 88.3 Å². The second-order valence-electron chi connectivity index (χ2n) is 5.02. The smallest absolute Gasteiger partial charge is 0.308 e. The Morgan fingerprint density at radius 1 is 1.48 bits per heavy atom. The van der Waals surface area contributed by atoms with Crippen LogP contribution in [0.3, 0.4) is 0 Å². The van der Waals surface area contributed by atoms with E-state index in [2.05, 4.69) is 10.1 Å². The van der Waals surface area contributed by atoms with Gasteiger partial charge in [-0.25, -0.2) is 4.98 Å². The maximum Gasteiger partial charge on any atom is 0.308 e. The van der Waals surface area contributed by atoms with Crippen molar-refractivity contribution in [1.82, 2.24) is 19.7 Å². The molecule has 7 nitrogen and oxygen atoms in total. The first-order valence-corrected chi connectivity index (χ1v) is 7.39. The van der Waals surface area contributed by atoms with E-state index >= 15 is 0 Å². The highest BCUT2D eigenvalue weighted by Gasteiger charge is 2.32. The van der Waals surface area contributed by atoms with E-state index < -0.39 is 11.9 Å². The molecular weight excluding hydrogens is 292 g/mol. The fraction of sp³-hybridized carbons (Fsp3) is 0.385. The van der Waals surface area contributed by atoms with Gasteiger partial charge >= 0.3 is 5.97 Å². The van der Waals surface area contributed by atoms with E-state index in [1.807, 2.05) is 13.2 Å². The summed E-state index contributed by atoms with van der Waals surface area (Å²) in [6.45, 7) is 0.726. The number of rotatable bonds is 3. The maximum absolute atomic E-state index is 12.3. The average molecular weight is 306 g/mol. The summed E-state index contributed by atoms with van der Waals surface area (Å²) in [6.07, 6.45) is 4.04. The molecular formula is C13H14N4O3S. The number of amides is 1. The molecule has 1 atom stereocenters. The van der Waals surface area contributed by atoms with Crippen molar-refractivity contribution in [3.05, 3.63) is 23.5 Å². The van der Waals surface area contributed by atoms with Crippen LogP contribution in [0, 0.1) is 5.92 Å². The molecule has 8 heteroatoms. The quantitative estimate of drug-likeness (QED) is 0.917. The monoisotopic (exact) mass is 306 g/mol. The van der Waals surface area contributed by atoms with Gasteiger partial charge in [-0.3, -0.25) is 14.3 Å². The third-order valence-electron chi connectivity index (χ3n) is 3.50. The molecule has 0 radical (unpaired) electrons. The lowest BCUT2D eigenvalue weighted by atomic mass is 10.1. The SMILES string of the molecule is Cn1cc(-c2nc(C(=O)N3CCC(C(=O)O)C3)cs2)cn1. The van der Waals surface area contributed by atoms with Crippen molar-refractivity contribution in [3.8, 4) is 10.6 Å². The maximum atomic E-state index is 12.3. The minimum atomic E-state index is -0.848. The van der Waals surface area contributed by atoms with Gasteiger partial charge in [0.25, 0.3) is 5.91 Å². The van der Waals surface area contributed by atoms with Crippen LogP contribution in [0.2, 0.25) is 0 Å². The van der Waals surface area contributed by atoms with Crippen molar-refractivity contribution in [2.24, 2.45) is 13.0 Å². The van der Waals surface area contributed by atoms with Crippen LogP contribution in [0.5, 0.6) is 0 Å². The molecule has 0 spiro atoms. The molecule has 21 heavy (non-hydrogen) atoms. The second kappa shape index (κ2) is 5.28. The number of likely N-dealkylation sites (tertiary alicyclic amines) is 1. The van der Waals surface area contributed by atoms with Crippen LogP contribution in [0.25, 0.3) is 10.6 Å². The van der Waals surface area contributed by atoms with Crippen LogP contribution in [-0.4, -0.2) is 49.7 Å². The van der Waals surface area contributed by atoms with E-state index in [1.54, 1.807) is 21.2 Å². The van der Waals surface area contributed by atoms with E-state index in [1.165, 1.54) is 11.3 Å². The summed E-state index contributed by atoms with van der Waals surface area (Å²) in [7, 11) is 1.82. The Balaban J connectivity index is 1.74. The number of hydrogen-bond acceptors (Lipinski definition) is 5. The first-order chi connectivity index (χ1) is 10.0. The Bertz CT molecular complexity index is 693. The van der Waals surface area contributed by atoms with E-state index in [9.17, 15) is 9.59 Å². The van der Waals surface area contributed by atoms with Crippen LogP contribution >= 0.6 is 11.3 Å². The van der Waals surface area contributed by atoms with Crippen molar-refractivity contribution in [2.45, 2.75) is 6.42 Å². The van der Waals surface area contributed by atoms with Gasteiger partial charge in [0.1, 0.15) is 10.7 Å². The molecule has 1 aliphatic rings. The van der Waals surface area contributed by atoms with E-state index in [4.69, 9.17) is 5.11 Å². The lowest BCUT2D eigenvalue weighted by Crippen LogP contribution is -2.30. The summed E-state index contributed by atoms with van der Waals surface area (Å²) in [5, 5.41) is 15.5. The summed E-state index contributed by atoms with van der Waals surface area (Å²) >= 11 is 1.38. The third kappa shape index (κ3) is 2.66. The third-order valence-corrected chi connectivity index (χ3v) is 4.39. The van der Waals surface area contributed by atoms with Gasteiger partial charge in [0, 0.05) is 37.3 Å². The summed E-state index contributed by atoms with van der Waals surface area (Å²) in [6, 6.07) is 0. The highest BCUT2D eigenvalue weighted by Crippen LogP contribution is 2.25. The summed E-state index contributed by atoms with van der Waals surface area (Å²) in [5.41, 5.74) is 1.23. The molecule has 0 bridgehead atoms. The molecule has 0 saturated carbocycles. The average Bonchev–Trinajstić information content (AvgIpc) is 3.17. The Morgan fingerprint density at radius 3 is 2.90 bits per heavy atom. The number of aliphatic carboxylic acids is 1. The largest absolute Gasteiger partial charge is 0.481 e. The normalized spacial score (nSPS) is 18.1. The Hall–Kier alpha value is -2.22. The number of carbonyl (C=O) groups excluding carboxylic acids is 1. The van der Waals surface area contributed by atoms with Crippen LogP contribution in [-0.2, 0) is 11.8 Å². The van der Waals surface area contributed by atoms with Crippen LogP contribution in [0.15, 0.2) is 17.8 Å².